The molecule has 0 atom stereocenters. The van der Waals surface area contributed by atoms with Gasteiger partial charge >= 0.3 is 5.97 Å². The van der Waals surface area contributed by atoms with E-state index in [1.807, 2.05) is 60.7 Å². The number of methoxy groups -OCH3 is 1. The summed E-state index contributed by atoms with van der Waals surface area (Å²) in [6, 6.07) is 18.9. The van der Waals surface area contributed by atoms with Crippen LogP contribution in [0.5, 0.6) is 0 Å². The summed E-state index contributed by atoms with van der Waals surface area (Å²) in [5.41, 5.74) is 2.49. The average molecular weight is 361 g/mol. The first-order valence-corrected chi connectivity index (χ1v) is 8.34. The molecule has 0 aliphatic heterocycles. The number of hydrogen-bond donors (Lipinski definition) is 1. The number of carbonyl (C=O) groups excluding carboxylic acids is 2. The highest BCUT2D eigenvalue weighted by Gasteiger charge is 2.20. The van der Waals surface area contributed by atoms with Crippen molar-refractivity contribution >= 4 is 29.2 Å². The van der Waals surface area contributed by atoms with E-state index in [1.54, 1.807) is 19.3 Å². The Morgan fingerprint density at radius 1 is 1.04 bits per heavy atom. The molecule has 0 spiro atoms. The van der Waals surface area contributed by atoms with Crippen LogP contribution in [0.1, 0.15) is 21.6 Å². The molecule has 0 saturated carbocycles. The minimum atomic E-state index is -0.612. The topological polar surface area (TPSA) is 73.2 Å². The van der Waals surface area contributed by atoms with Crippen molar-refractivity contribution in [1.29, 1.82) is 0 Å². The number of anilines is 1. The number of ether oxygens (including phenoxy) is 1. The molecule has 1 N–H and O–H groups in total. The summed E-state index contributed by atoms with van der Waals surface area (Å²) in [6.45, 7) is 0. The van der Waals surface area contributed by atoms with Crippen molar-refractivity contribution < 1.29 is 14.3 Å². The Morgan fingerprint density at radius 3 is 2.30 bits per heavy atom. The molecule has 0 unspecified atom stereocenters. The van der Waals surface area contributed by atoms with E-state index in [2.05, 4.69) is 10.4 Å². The Hall–Kier alpha value is -3.67. The van der Waals surface area contributed by atoms with E-state index in [0.29, 0.717) is 11.3 Å². The maximum absolute atomic E-state index is 13.0. The van der Waals surface area contributed by atoms with Crippen molar-refractivity contribution in [3.05, 3.63) is 83.7 Å². The average Bonchev–Trinajstić information content (AvgIpc) is 3.07. The number of aryl methyl sites for hydroxylation is 1. The van der Waals surface area contributed by atoms with Crippen molar-refractivity contribution in [1.82, 2.24) is 9.78 Å². The molecular formula is C21H19N3O3. The summed E-state index contributed by atoms with van der Waals surface area (Å²) < 4.78 is 6.18. The molecule has 0 aliphatic rings. The molecule has 6 nitrogen and oxygen atoms in total. The molecular weight excluding hydrogens is 342 g/mol. The molecule has 0 saturated heterocycles. The number of aromatic nitrogens is 2. The lowest BCUT2D eigenvalue weighted by molar-refractivity contribution is -0.111. The van der Waals surface area contributed by atoms with Crippen LogP contribution in [-0.2, 0) is 16.6 Å². The minimum absolute atomic E-state index is 0.0560. The number of carbonyl (C=O) groups is 2. The minimum Gasteiger partial charge on any atom is -0.464 e. The SMILES string of the molecule is COC(=O)c1nn(C)cc1NC(=O)/C(=C\c1ccccc1)c1ccccc1. The van der Waals surface area contributed by atoms with Gasteiger partial charge in [-0.05, 0) is 17.2 Å². The second kappa shape index (κ2) is 8.14. The van der Waals surface area contributed by atoms with Crippen LogP contribution in [-0.4, -0.2) is 28.8 Å². The molecule has 3 rings (SSSR count). The summed E-state index contributed by atoms with van der Waals surface area (Å²) in [6.07, 6.45) is 3.37. The van der Waals surface area contributed by atoms with Crippen molar-refractivity contribution in [2.45, 2.75) is 0 Å². The monoisotopic (exact) mass is 361 g/mol. The van der Waals surface area contributed by atoms with Gasteiger partial charge in [0.05, 0.1) is 12.8 Å². The molecule has 1 aromatic heterocycles. The van der Waals surface area contributed by atoms with E-state index in [4.69, 9.17) is 4.74 Å². The Morgan fingerprint density at radius 2 is 1.67 bits per heavy atom. The van der Waals surface area contributed by atoms with Crippen LogP contribution in [0.25, 0.3) is 11.6 Å². The predicted molar refractivity (Wildman–Crippen MR) is 104 cm³/mol. The number of hydrogen-bond acceptors (Lipinski definition) is 4. The van der Waals surface area contributed by atoms with E-state index < -0.39 is 5.97 Å². The first-order valence-electron chi connectivity index (χ1n) is 8.34. The molecule has 6 heteroatoms. The molecule has 27 heavy (non-hydrogen) atoms. The van der Waals surface area contributed by atoms with Crippen molar-refractivity contribution in [3.63, 3.8) is 0 Å². The first kappa shape index (κ1) is 18.1. The largest absolute Gasteiger partial charge is 0.464 e. The lowest BCUT2D eigenvalue weighted by Gasteiger charge is -2.09. The number of benzene rings is 2. The molecule has 0 fully saturated rings. The van der Waals surface area contributed by atoms with Gasteiger partial charge in [0.25, 0.3) is 5.91 Å². The van der Waals surface area contributed by atoms with Gasteiger partial charge < -0.3 is 10.1 Å². The van der Waals surface area contributed by atoms with Gasteiger partial charge in [0.1, 0.15) is 0 Å². The number of esters is 1. The second-order valence-electron chi connectivity index (χ2n) is 5.85. The maximum atomic E-state index is 13.0. The normalized spacial score (nSPS) is 11.1. The van der Waals surface area contributed by atoms with E-state index in [1.165, 1.54) is 11.8 Å². The molecule has 0 bridgehead atoms. The first-order chi connectivity index (χ1) is 13.1. The number of rotatable bonds is 5. The fourth-order valence-corrected chi connectivity index (χ4v) is 2.63. The molecule has 3 aromatic rings. The molecule has 1 amide bonds. The lowest BCUT2D eigenvalue weighted by Crippen LogP contribution is -2.16. The number of nitrogens with one attached hydrogen (secondary N) is 1. The molecule has 0 radical (unpaired) electrons. The molecule has 0 aliphatic carbocycles. The van der Waals surface area contributed by atoms with Gasteiger partial charge in [0.2, 0.25) is 0 Å². The summed E-state index contributed by atoms with van der Waals surface area (Å²) >= 11 is 0. The van der Waals surface area contributed by atoms with Gasteiger partial charge in [-0.2, -0.15) is 5.10 Å². The summed E-state index contributed by atoms with van der Waals surface area (Å²) in [5.74, 6) is -0.956. The van der Waals surface area contributed by atoms with Gasteiger partial charge in [-0.3, -0.25) is 9.48 Å². The van der Waals surface area contributed by atoms with Crippen LogP contribution in [0, 0.1) is 0 Å². The summed E-state index contributed by atoms with van der Waals surface area (Å²) in [7, 11) is 2.94. The highest BCUT2D eigenvalue weighted by molar-refractivity contribution is 6.29. The van der Waals surface area contributed by atoms with Gasteiger partial charge in [-0.1, -0.05) is 60.7 Å². The third-order valence-corrected chi connectivity index (χ3v) is 3.90. The third kappa shape index (κ3) is 4.30. The smallest absolute Gasteiger partial charge is 0.360 e. The van der Waals surface area contributed by atoms with Crippen LogP contribution < -0.4 is 5.32 Å². The van der Waals surface area contributed by atoms with Crippen LogP contribution in [0.3, 0.4) is 0 Å². The van der Waals surface area contributed by atoms with Gasteiger partial charge in [0.15, 0.2) is 5.69 Å². The van der Waals surface area contributed by atoms with Gasteiger partial charge in [-0.25, -0.2) is 4.79 Å². The second-order valence-corrected chi connectivity index (χ2v) is 5.85. The standard InChI is InChI=1S/C21H19N3O3/c1-24-14-18(19(23-24)21(26)27-2)22-20(25)17(16-11-7-4-8-12-16)13-15-9-5-3-6-10-15/h3-14H,1-2H3,(H,22,25)/b17-13-. The van der Waals surface area contributed by atoms with Gasteiger partial charge in [0, 0.05) is 18.8 Å². The molecule has 1 heterocycles. The quantitative estimate of drug-likeness (QED) is 0.429. The zero-order chi connectivity index (χ0) is 19.2. The lowest BCUT2D eigenvalue weighted by atomic mass is 10.0. The molecule has 2 aromatic carbocycles. The Kier molecular flexibility index (Phi) is 5.47. The Labute approximate surface area is 157 Å². The van der Waals surface area contributed by atoms with Crippen molar-refractivity contribution in [2.75, 3.05) is 12.4 Å². The maximum Gasteiger partial charge on any atom is 0.360 e. The fraction of sp³-hybridized carbons (Fsp3) is 0.0952. The van der Waals surface area contributed by atoms with Crippen LogP contribution >= 0.6 is 0 Å². The van der Waals surface area contributed by atoms with Gasteiger partial charge in [-0.15, -0.1) is 0 Å². The predicted octanol–water partition coefficient (Wildman–Crippen LogP) is 3.39. The molecule has 136 valence electrons. The summed E-state index contributed by atoms with van der Waals surface area (Å²) in [5, 5.41) is 6.83. The van der Waals surface area contributed by atoms with E-state index >= 15 is 0 Å². The Bertz CT molecular complexity index is 976. The number of nitrogens with zero attached hydrogens (tertiary/aromatic N) is 2. The fourth-order valence-electron chi connectivity index (χ4n) is 2.63. The zero-order valence-electron chi connectivity index (χ0n) is 15.0. The summed E-state index contributed by atoms with van der Waals surface area (Å²) in [4.78, 5) is 24.9. The third-order valence-electron chi connectivity index (χ3n) is 3.90. The van der Waals surface area contributed by atoms with E-state index in [-0.39, 0.29) is 11.6 Å². The highest BCUT2D eigenvalue weighted by atomic mass is 16.5. The Balaban J connectivity index is 1.98. The van der Waals surface area contributed by atoms with Crippen molar-refractivity contribution in [3.8, 4) is 0 Å². The zero-order valence-corrected chi connectivity index (χ0v) is 15.0. The van der Waals surface area contributed by atoms with Crippen LogP contribution in [0.4, 0.5) is 5.69 Å². The van der Waals surface area contributed by atoms with E-state index in [9.17, 15) is 9.59 Å². The number of amides is 1. The van der Waals surface area contributed by atoms with Crippen LogP contribution in [0.2, 0.25) is 0 Å². The van der Waals surface area contributed by atoms with Crippen LogP contribution in [0.15, 0.2) is 66.9 Å². The van der Waals surface area contributed by atoms with E-state index in [0.717, 1.165) is 11.1 Å². The highest BCUT2D eigenvalue weighted by Crippen LogP contribution is 2.22. The van der Waals surface area contributed by atoms with Crippen molar-refractivity contribution in [2.24, 2.45) is 7.05 Å².